The van der Waals surface area contributed by atoms with E-state index in [-0.39, 0.29) is 6.10 Å². The highest BCUT2D eigenvalue weighted by atomic mass is 16.5. The molecule has 84 valence electrons. The van der Waals surface area contributed by atoms with Crippen molar-refractivity contribution in [1.82, 2.24) is 5.32 Å². The summed E-state index contributed by atoms with van der Waals surface area (Å²) in [6, 6.07) is 8.55. The van der Waals surface area contributed by atoms with Crippen LogP contribution in [0.2, 0.25) is 0 Å². The zero-order valence-electron chi connectivity index (χ0n) is 10.1. The fraction of sp³-hybridized carbons (Fsp3) is 0.538. The molecule has 0 radical (unpaired) electrons. The van der Waals surface area contributed by atoms with Gasteiger partial charge in [0.25, 0.3) is 0 Å². The molecule has 0 aliphatic rings. The van der Waals surface area contributed by atoms with Gasteiger partial charge < -0.3 is 10.1 Å². The summed E-state index contributed by atoms with van der Waals surface area (Å²) in [5, 5.41) is 3.40. The van der Waals surface area contributed by atoms with Crippen molar-refractivity contribution in [3.63, 3.8) is 0 Å². The molecule has 0 spiro atoms. The maximum atomic E-state index is 5.77. The molecule has 0 saturated carbocycles. The van der Waals surface area contributed by atoms with Gasteiger partial charge >= 0.3 is 0 Å². The van der Waals surface area contributed by atoms with E-state index < -0.39 is 0 Å². The average Bonchev–Trinajstić information content (AvgIpc) is 2.18. The molecule has 2 heteroatoms. The van der Waals surface area contributed by atoms with Gasteiger partial charge in [-0.1, -0.05) is 25.1 Å². The third-order valence-corrected chi connectivity index (χ3v) is 2.26. The van der Waals surface area contributed by atoms with Crippen molar-refractivity contribution >= 4 is 0 Å². The molecule has 0 fully saturated rings. The first kappa shape index (κ1) is 12.1. The second-order valence-corrected chi connectivity index (χ2v) is 3.98. The molecule has 0 unspecified atom stereocenters. The summed E-state index contributed by atoms with van der Waals surface area (Å²) in [5.74, 6) is 0.987. The molecule has 0 heterocycles. The highest BCUT2D eigenvalue weighted by molar-refractivity contribution is 5.35. The molecule has 15 heavy (non-hydrogen) atoms. The molecule has 2 nitrogen and oxygen atoms in total. The maximum absolute atomic E-state index is 5.77. The van der Waals surface area contributed by atoms with Crippen LogP contribution >= 0.6 is 0 Å². The summed E-state index contributed by atoms with van der Waals surface area (Å²) in [6.45, 7) is 9.34. The van der Waals surface area contributed by atoms with E-state index in [0.29, 0.717) is 6.04 Å². The van der Waals surface area contributed by atoms with Crippen LogP contribution in [-0.4, -0.2) is 12.6 Å². The molecule has 0 aliphatic heterocycles. The maximum Gasteiger partial charge on any atom is 0.124 e. The second-order valence-electron chi connectivity index (χ2n) is 3.98. The summed E-state index contributed by atoms with van der Waals surface area (Å²) < 4.78 is 5.77. The van der Waals surface area contributed by atoms with Crippen LogP contribution in [-0.2, 0) is 0 Å². The first-order chi connectivity index (χ1) is 7.15. The topological polar surface area (TPSA) is 21.3 Å². The van der Waals surface area contributed by atoms with Gasteiger partial charge in [-0.25, -0.2) is 0 Å². The first-order valence-corrected chi connectivity index (χ1v) is 5.64. The van der Waals surface area contributed by atoms with Crippen molar-refractivity contribution < 1.29 is 4.74 Å². The SMILES string of the molecule is CCN[C@@H](C)c1ccccc1OC(C)C. The van der Waals surface area contributed by atoms with E-state index in [1.54, 1.807) is 0 Å². The van der Waals surface area contributed by atoms with E-state index in [1.165, 1.54) is 5.56 Å². The number of para-hydroxylation sites is 1. The van der Waals surface area contributed by atoms with Crippen LogP contribution in [0.3, 0.4) is 0 Å². The lowest BCUT2D eigenvalue weighted by Gasteiger charge is -2.19. The molecule has 1 rings (SSSR count). The lowest BCUT2D eigenvalue weighted by atomic mass is 10.1. The van der Waals surface area contributed by atoms with Gasteiger partial charge in [-0.15, -0.1) is 0 Å². The lowest BCUT2D eigenvalue weighted by molar-refractivity contribution is 0.238. The minimum Gasteiger partial charge on any atom is -0.491 e. The number of hydrogen-bond donors (Lipinski definition) is 1. The van der Waals surface area contributed by atoms with Crippen molar-refractivity contribution in [2.24, 2.45) is 0 Å². The van der Waals surface area contributed by atoms with Gasteiger partial charge in [0.15, 0.2) is 0 Å². The van der Waals surface area contributed by atoms with E-state index >= 15 is 0 Å². The average molecular weight is 207 g/mol. The molecule has 1 N–H and O–H groups in total. The minimum absolute atomic E-state index is 0.222. The van der Waals surface area contributed by atoms with E-state index in [2.05, 4.69) is 45.1 Å². The molecule has 1 aromatic carbocycles. The third-order valence-electron chi connectivity index (χ3n) is 2.26. The Morgan fingerprint density at radius 2 is 1.87 bits per heavy atom. The monoisotopic (exact) mass is 207 g/mol. The number of nitrogens with one attached hydrogen (secondary N) is 1. The predicted molar refractivity (Wildman–Crippen MR) is 64.3 cm³/mol. The Bertz CT molecular complexity index is 296. The Hall–Kier alpha value is -1.02. The van der Waals surface area contributed by atoms with Crippen LogP contribution in [0.5, 0.6) is 5.75 Å². The number of rotatable bonds is 5. The summed E-state index contributed by atoms with van der Waals surface area (Å²) in [5.41, 5.74) is 1.23. The molecular weight excluding hydrogens is 186 g/mol. The van der Waals surface area contributed by atoms with E-state index in [1.807, 2.05) is 12.1 Å². The van der Waals surface area contributed by atoms with Gasteiger partial charge in [0.2, 0.25) is 0 Å². The van der Waals surface area contributed by atoms with Crippen molar-refractivity contribution in [2.45, 2.75) is 39.8 Å². The Morgan fingerprint density at radius 3 is 2.47 bits per heavy atom. The van der Waals surface area contributed by atoms with Gasteiger partial charge in [-0.2, -0.15) is 0 Å². The van der Waals surface area contributed by atoms with E-state index in [9.17, 15) is 0 Å². The van der Waals surface area contributed by atoms with E-state index in [4.69, 9.17) is 4.74 Å². The van der Waals surface area contributed by atoms with Crippen molar-refractivity contribution in [1.29, 1.82) is 0 Å². The molecule has 0 amide bonds. The third kappa shape index (κ3) is 3.56. The first-order valence-electron chi connectivity index (χ1n) is 5.64. The second kappa shape index (κ2) is 5.76. The number of ether oxygens (including phenoxy) is 1. The molecule has 0 bridgehead atoms. The smallest absolute Gasteiger partial charge is 0.124 e. The van der Waals surface area contributed by atoms with Crippen molar-refractivity contribution in [3.05, 3.63) is 29.8 Å². The van der Waals surface area contributed by atoms with Crippen LogP contribution in [0.1, 0.15) is 39.3 Å². The zero-order valence-corrected chi connectivity index (χ0v) is 10.1. The van der Waals surface area contributed by atoms with Crippen LogP contribution in [0.4, 0.5) is 0 Å². The number of hydrogen-bond acceptors (Lipinski definition) is 2. The normalized spacial score (nSPS) is 12.9. The summed E-state index contributed by atoms with van der Waals surface area (Å²) in [6.07, 6.45) is 0.222. The summed E-state index contributed by atoms with van der Waals surface area (Å²) in [7, 11) is 0. The van der Waals surface area contributed by atoms with Gasteiger partial charge in [-0.05, 0) is 33.4 Å². The zero-order chi connectivity index (χ0) is 11.3. The summed E-state index contributed by atoms with van der Waals surface area (Å²) >= 11 is 0. The van der Waals surface area contributed by atoms with Crippen molar-refractivity contribution in [2.75, 3.05) is 6.54 Å². The predicted octanol–water partition coefficient (Wildman–Crippen LogP) is 3.14. The largest absolute Gasteiger partial charge is 0.491 e. The minimum atomic E-state index is 0.222. The quantitative estimate of drug-likeness (QED) is 0.801. The highest BCUT2D eigenvalue weighted by Crippen LogP contribution is 2.25. The van der Waals surface area contributed by atoms with Gasteiger partial charge in [0, 0.05) is 11.6 Å². The number of benzene rings is 1. The van der Waals surface area contributed by atoms with Crippen LogP contribution in [0, 0.1) is 0 Å². The fourth-order valence-electron chi connectivity index (χ4n) is 1.62. The Kier molecular flexibility index (Phi) is 4.63. The molecule has 0 aliphatic carbocycles. The van der Waals surface area contributed by atoms with Gasteiger partial charge in [0.1, 0.15) is 5.75 Å². The molecule has 1 atom stereocenters. The fourth-order valence-corrected chi connectivity index (χ4v) is 1.62. The van der Waals surface area contributed by atoms with Crippen LogP contribution in [0.15, 0.2) is 24.3 Å². The summed E-state index contributed by atoms with van der Waals surface area (Å²) in [4.78, 5) is 0. The molecular formula is C13H21NO. The standard InChI is InChI=1S/C13H21NO/c1-5-14-11(4)12-8-6-7-9-13(12)15-10(2)3/h6-11,14H,5H2,1-4H3/t11-/m0/s1. The highest BCUT2D eigenvalue weighted by Gasteiger charge is 2.10. The van der Waals surface area contributed by atoms with E-state index in [0.717, 1.165) is 12.3 Å². The van der Waals surface area contributed by atoms with Crippen LogP contribution in [0.25, 0.3) is 0 Å². The lowest BCUT2D eigenvalue weighted by Crippen LogP contribution is -2.19. The molecule has 1 aromatic rings. The van der Waals surface area contributed by atoms with Crippen molar-refractivity contribution in [3.8, 4) is 5.75 Å². The molecule has 0 aromatic heterocycles. The van der Waals surface area contributed by atoms with Gasteiger partial charge in [0.05, 0.1) is 6.10 Å². The Labute approximate surface area is 92.6 Å². The Balaban J connectivity index is 2.85. The molecule has 0 saturated heterocycles. The van der Waals surface area contributed by atoms with Gasteiger partial charge in [-0.3, -0.25) is 0 Å². The Morgan fingerprint density at radius 1 is 1.20 bits per heavy atom. The van der Waals surface area contributed by atoms with Crippen LogP contribution < -0.4 is 10.1 Å².